The molecule has 37 heavy (non-hydrogen) atoms. The van der Waals surface area contributed by atoms with Crippen LogP contribution >= 0.6 is 15.9 Å². The summed E-state index contributed by atoms with van der Waals surface area (Å²) in [5.41, 5.74) is 1.22. The van der Waals surface area contributed by atoms with Crippen molar-refractivity contribution in [1.29, 1.82) is 0 Å². The molecule has 1 aromatic heterocycles. The second-order valence-corrected chi connectivity index (χ2v) is 10.7. The number of aromatic nitrogens is 2. The van der Waals surface area contributed by atoms with Crippen molar-refractivity contribution in [2.24, 2.45) is 12.5 Å². The first-order chi connectivity index (χ1) is 17.4. The number of fused-ring (bicyclic) bond motifs is 1. The minimum absolute atomic E-state index is 0.0978. The first-order valence-electron chi connectivity index (χ1n) is 11.6. The molecule has 0 spiro atoms. The molecule has 0 radical (unpaired) electrons. The zero-order chi connectivity index (χ0) is 26.9. The summed E-state index contributed by atoms with van der Waals surface area (Å²) in [6.07, 6.45) is 0. The fourth-order valence-corrected chi connectivity index (χ4v) is 3.93. The zero-order valence-electron chi connectivity index (χ0n) is 20.8. The molecule has 0 unspecified atom stereocenters. The molecular weight excluding hydrogens is 547 g/mol. The number of carbonyl (C=O) groups is 1. The molecule has 194 valence electrons. The normalized spacial score (nSPS) is 11.6. The number of amides is 1. The van der Waals surface area contributed by atoms with Crippen molar-refractivity contribution < 1.29 is 18.0 Å². The van der Waals surface area contributed by atoms with Crippen molar-refractivity contribution >= 4 is 50.2 Å². The van der Waals surface area contributed by atoms with Crippen molar-refractivity contribution in [2.75, 3.05) is 10.6 Å². The van der Waals surface area contributed by atoms with Gasteiger partial charge in [-0.3, -0.25) is 4.79 Å². The molecule has 10 heteroatoms. The fraction of sp³-hybridized carbons (Fsp3) is 0.259. The van der Waals surface area contributed by atoms with Gasteiger partial charge in [-0.15, -0.1) is 0 Å². The van der Waals surface area contributed by atoms with E-state index in [2.05, 4.69) is 36.9 Å². The Bertz CT molecular complexity index is 1460. The number of halogens is 4. The van der Waals surface area contributed by atoms with Crippen LogP contribution in [-0.4, -0.2) is 15.5 Å². The SMILES string of the molecule is Cn1c(Nc2c(F)ccc(CNC(=O)C(C)(C)C)c2F)nc2cc(CNc3ccc(Br)cc3)c(F)cc21. The summed E-state index contributed by atoms with van der Waals surface area (Å²) in [4.78, 5) is 16.6. The molecule has 0 fully saturated rings. The highest BCUT2D eigenvalue weighted by molar-refractivity contribution is 9.10. The lowest BCUT2D eigenvalue weighted by Gasteiger charge is -2.18. The lowest BCUT2D eigenvalue weighted by atomic mass is 9.95. The predicted molar refractivity (Wildman–Crippen MR) is 143 cm³/mol. The average Bonchev–Trinajstić information content (AvgIpc) is 3.14. The molecule has 0 saturated carbocycles. The number of aryl methyl sites for hydroxylation is 1. The summed E-state index contributed by atoms with van der Waals surface area (Å²) in [5.74, 6) is -2.21. The number of benzene rings is 3. The molecule has 0 bridgehead atoms. The van der Waals surface area contributed by atoms with Crippen molar-refractivity contribution in [1.82, 2.24) is 14.9 Å². The molecule has 0 aliphatic carbocycles. The molecule has 4 aromatic rings. The molecule has 0 atom stereocenters. The number of hydrogen-bond acceptors (Lipinski definition) is 4. The van der Waals surface area contributed by atoms with E-state index in [0.717, 1.165) is 16.2 Å². The van der Waals surface area contributed by atoms with Gasteiger partial charge in [0.05, 0.1) is 11.0 Å². The largest absolute Gasteiger partial charge is 0.381 e. The van der Waals surface area contributed by atoms with E-state index < -0.39 is 28.6 Å². The summed E-state index contributed by atoms with van der Waals surface area (Å²) >= 11 is 3.38. The maximum atomic E-state index is 15.2. The Morgan fingerprint density at radius 1 is 0.973 bits per heavy atom. The van der Waals surface area contributed by atoms with E-state index >= 15 is 4.39 Å². The molecule has 0 aliphatic heterocycles. The second-order valence-electron chi connectivity index (χ2n) is 9.74. The summed E-state index contributed by atoms with van der Waals surface area (Å²) in [6, 6.07) is 12.9. The Labute approximate surface area is 221 Å². The maximum Gasteiger partial charge on any atom is 0.225 e. The van der Waals surface area contributed by atoms with Gasteiger partial charge in [-0.25, -0.2) is 18.2 Å². The van der Waals surface area contributed by atoms with Gasteiger partial charge in [0.2, 0.25) is 11.9 Å². The highest BCUT2D eigenvalue weighted by atomic mass is 79.9. The molecule has 6 nitrogen and oxygen atoms in total. The van der Waals surface area contributed by atoms with Crippen LogP contribution in [0.2, 0.25) is 0 Å². The number of nitrogens with one attached hydrogen (secondary N) is 3. The van der Waals surface area contributed by atoms with E-state index in [1.807, 2.05) is 24.3 Å². The summed E-state index contributed by atoms with van der Waals surface area (Å²) in [6.45, 7) is 5.36. The van der Waals surface area contributed by atoms with Crippen molar-refractivity contribution in [2.45, 2.75) is 33.9 Å². The number of nitrogens with zero attached hydrogens (tertiary/aromatic N) is 2. The summed E-state index contributed by atoms with van der Waals surface area (Å²) in [7, 11) is 1.63. The third-order valence-corrected chi connectivity index (χ3v) is 6.43. The lowest BCUT2D eigenvalue weighted by molar-refractivity contribution is -0.128. The monoisotopic (exact) mass is 573 g/mol. The molecule has 1 heterocycles. The Hall–Kier alpha value is -3.53. The van der Waals surface area contributed by atoms with Gasteiger partial charge in [-0.05, 0) is 36.4 Å². The van der Waals surface area contributed by atoms with E-state index in [0.29, 0.717) is 16.6 Å². The quantitative estimate of drug-likeness (QED) is 0.228. The van der Waals surface area contributed by atoms with Crippen LogP contribution < -0.4 is 16.0 Å². The Kier molecular flexibility index (Phi) is 7.49. The number of anilines is 3. The minimum atomic E-state index is -0.841. The molecule has 4 rings (SSSR count). The average molecular weight is 574 g/mol. The van der Waals surface area contributed by atoms with Crippen molar-refractivity contribution in [3.05, 3.63) is 81.6 Å². The lowest BCUT2D eigenvalue weighted by Crippen LogP contribution is -2.34. The molecule has 0 saturated heterocycles. The number of carbonyl (C=O) groups excluding carboxylic acids is 1. The van der Waals surface area contributed by atoms with Gasteiger partial charge in [-0.2, -0.15) is 0 Å². The van der Waals surface area contributed by atoms with Crippen molar-refractivity contribution in [3.8, 4) is 0 Å². The van der Waals surface area contributed by atoms with Crippen LogP contribution in [0.4, 0.5) is 30.5 Å². The minimum Gasteiger partial charge on any atom is -0.381 e. The smallest absolute Gasteiger partial charge is 0.225 e. The van der Waals surface area contributed by atoms with Crippen LogP contribution in [0.5, 0.6) is 0 Å². The first kappa shape index (κ1) is 26.5. The Morgan fingerprint density at radius 2 is 1.68 bits per heavy atom. The Morgan fingerprint density at radius 3 is 2.35 bits per heavy atom. The van der Waals surface area contributed by atoms with Crippen LogP contribution in [0.1, 0.15) is 31.9 Å². The second kappa shape index (κ2) is 10.5. The van der Waals surface area contributed by atoms with E-state index in [1.54, 1.807) is 33.9 Å². The van der Waals surface area contributed by atoms with E-state index in [9.17, 15) is 13.6 Å². The predicted octanol–water partition coefficient (Wildman–Crippen LogP) is 6.77. The fourth-order valence-electron chi connectivity index (χ4n) is 3.67. The third-order valence-electron chi connectivity index (χ3n) is 5.90. The summed E-state index contributed by atoms with van der Waals surface area (Å²) in [5, 5.41) is 8.53. The van der Waals surface area contributed by atoms with Gasteiger partial charge < -0.3 is 20.5 Å². The highest BCUT2D eigenvalue weighted by Gasteiger charge is 2.22. The van der Waals surface area contributed by atoms with E-state index in [1.165, 1.54) is 16.7 Å². The van der Waals surface area contributed by atoms with Crippen LogP contribution in [0.15, 0.2) is 53.0 Å². The number of rotatable bonds is 7. The van der Waals surface area contributed by atoms with Gasteiger partial charge in [-0.1, -0.05) is 42.8 Å². The molecular formula is C27H27BrF3N5O. The van der Waals surface area contributed by atoms with Gasteiger partial charge >= 0.3 is 0 Å². The highest BCUT2D eigenvalue weighted by Crippen LogP contribution is 2.29. The van der Waals surface area contributed by atoms with Gasteiger partial charge in [0.15, 0.2) is 5.82 Å². The van der Waals surface area contributed by atoms with E-state index in [-0.39, 0.29) is 30.5 Å². The molecule has 3 aromatic carbocycles. The van der Waals surface area contributed by atoms with Crippen molar-refractivity contribution in [3.63, 3.8) is 0 Å². The van der Waals surface area contributed by atoms with Gasteiger partial charge in [0.25, 0.3) is 0 Å². The van der Waals surface area contributed by atoms with Crippen LogP contribution in [0.25, 0.3) is 11.0 Å². The third kappa shape index (κ3) is 5.90. The van der Waals surface area contributed by atoms with Crippen LogP contribution in [0, 0.1) is 22.9 Å². The zero-order valence-corrected chi connectivity index (χ0v) is 22.4. The number of imidazole rings is 1. The molecule has 0 aliphatic rings. The topological polar surface area (TPSA) is 71.0 Å². The first-order valence-corrected chi connectivity index (χ1v) is 12.4. The molecule has 1 amide bonds. The maximum absolute atomic E-state index is 15.2. The Balaban J connectivity index is 1.57. The standard InChI is InChI=1S/C27H27BrF3N5O/c1-27(2,3)25(37)33-13-15-5-10-19(29)24(23(15)31)35-26-34-21-11-16(20(30)12-22(21)36(26)4)14-32-18-8-6-17(28)7-9-18/h5-12,32H,13-14H2,1-4H3,(H,33,37)(H,34,35). The van der Waals surface area contributed by atoms with Gasteiger partial charge in [0.1, 0.15) is 17.3 Å². The summed E-state index contributed by atoms with van der Waals surface area (Å²) < 4.78 is 47.1. The van der Waals surface area contributed by atoms with Gasteiger partial charge in [0, 0.05) is 52.9 Å². The van der Waals surface area contributed by atoms with E-state index in [4.69, 9.17) is 0 Å². The number of hydrogen-bond donors (Lipinski definition) is 3. The van der Waals surface area contributed by atoms with Crippen LogP contribution in [-0.2, 0) is 24.9 Å². The molecule has 3 N–H and O–H groups in total. The van der Waals surface area contributed by atoms with Crippen LogP contribution in [0.3, 0.4) is 0 Å².